The Labute approximate surface area is 312 Å². The highest BCUT2D eigenvalue weighted by Gasteiger charge is 2.56. The number of alkyl halides is 8. The number of aliphatic imine (C=N–C) groups is 1. The summed E-state index contributed by atoms with van der Waals surface area (Å²) in [6.45, 7) is 4.91. The lowest BCUT2D eigenvalue weighted by Crippen LogP contribution is -2.50. The molecule has 3 aliphatic heterocycles. The molecule has 2 aromatic carbocycles. The molecule has 2 saturated heterocycles. The van der Waals surface area contributed by atoms with Crippen molar-refractivity contribution in [3.05, 3.63) is 69.1 Å². The molecule has 0 aliphatic carbocycles. The summed E-state index contributed by atoms with van der Waals surface area (Å²) in [4.78, 5) is 32.3. The summed E-state index contributed by atoms with van der Waals surface area (Å²) in [5.41, 5.74) is -1.48. The van der Waals surface area contributed by atoms with Crippen molar-refractivity contribution in [3.63, 3.8) is 0 Å². The first-order valence-corrected chi connectivity index (χ1v) is 18.9. The number of piperidine rings is 2. The molecule has 10 nitrogen and oxygen atoms in total. The van der Waals surface area contributed by atoms with E-state index >= 15 is 0 Å². The van der Waals surface area contributed by atoms with Crippen molar-refractivity contribution >= 4 is 33.7 Å². The first kappa shape index (κ1) is 42.1. The number of nitrogens with zero attached hydrogens (tertiary/aromatic N) is 3. The summed E-state index contributed by atoms with van der Waals surface area (Å²) < 4.78 is 138. The van der Waals surface area contributed by atoms with Crippen LogP contribution in [0.3, 0.4) is 0 Å². The maximum Gasteiger partial charge on any atom is 0.453 e. The van der Waals surface area contributed by atoms with Crippen LogP contribution < -0.4 is 10.1 Å². The molecule has 0 radical (unpaired) electrons. The minimum absolute atomic E-state index is 0.0912. The van der Waals surface area contributed by atoms with E-state index in [2.05, 4.69) is 10.3 Å². The van der Waals surface area contributed by atoms with Gasteiger partial charge in [0.25, 0.3) is 11.8 Å². The van der Waals surface area contributed by atoms with E-state index in [1.54, 1.807) is 37.8 Å². The molecule has 0 aromatic heterocycles. The number of hydrogen-bond donors (Lipinski definition) is 2. The zero-order valence-corrected chi connectivity index (χ0v) is 30.9. The van der Waals surface area contributed by atoms with Gasteiger partial charge < -0.3 is 20.1 Å². The molecule has 302 valence electrons. The van der Waals surface area contributed by atoms with Gasteiger partial charge in [0, 0.05) is 49.1 Å². The fourth-order valence-electron chi connectivity index (χ4n) is 6.72. The molecule has 0 bridgehead atoms. The molecule has 3 aliphatic rings. The van der Waals surface area contributed by atoms with Crippen LogP contribution in [0.1, 0.15) is 83.6 Å². The monoisotopic (exact) mass is 808 g/mol. The molecule has 0 atom stereocenters. The van der Waals surface area contributed by atoms with E-state index in [-0.39, 0.29) is 43.2 Å². The third-order valence-electron chi connectivity index (χ3n) is 10.1. The second-order valence-electron chi connectivity index (χ2n) is 14.4. The van der Waals surface area contributed by atoms with E-state index in [1.807, 2.05) is 0 Å². The molecular formula is C36H40F8N4O6S. The maximum atomic E-state index is 13.9. The molecule has 1 spiro atoms. The molecule has 2 fully saturated rings. The Bertz CT molecular complexity index is 1950. The second kappa shape index (κ2) is 15.1. The smallest absolute Gasteiger partial charge is 0.453 e. The van der Waals surface area contributed by atoms with Crippen molar-refractivity contribution in [2.45, 2.75) is 88.7 Å². The van der Waals surface area contributed by atoms with Crippen molar-refractivity contribution in [2.75, 3.05) is 32.8 Å². The van der Waals surface area contributed by atoms with Gasteiger partial charge in [-0.2, -0.15) is 39.4 Å². The zero-order valence-electron chi connectivity index (χ0n) is 30.1. The Morgan fingerprint density at radius 3 is 2.13 bits per heavy atom. The SMILES string of the molecule is Cc1cc(C(=O)N2CCC(C)(O)CC2)cc(C)c1C=CS(=O)(=O)N1CCC2(CC1)N=C(c1ccc(OCCCC(F)(F)C(F)(F)F)c(C(F)(F)F)c1)NC2=O. The van der Waals surface area contributed by atoms with Gasteiger partial charge in [0.1, 0.15) is 17.1 Å². The summed E-state index contributed by atoms with van der Waals surface area (Å²) in [5, 5.41) is 13.7. The molecule has 2 amide bonds. The van der Waals surface area contributed by atoms with Gasteiger partial charge in [-0.15, -0.1) is 0 Å². The van der Waals surface area contributed by atoms with Gasteiger partial charge in [0.05, 0.1) is 17.8 Å². The Kier molecular flexibility index (Phi) is 11.5. The topological polar surface area (TPSA) is 129 Å². The predicted octanol–water partition coefficient (Wildman–Crippen LogP) is 6.38. The first-order chi connectivity index (χ1) is 25.3. The van der Waals surface area contributed by atoms with E-state index in [4.69, 9.17) is 4.74 Å². The zero-order chi connectivity index (χ0) is 40.8. The molecular weight excluding hydrogens is 768 g/mol. The van der Waals surface area contributed by atoms with Crippen LogP contribution in [0.25, 0.3) is 6.08 Å². The average Bonchev–Trinajstić information content (AvgIpc) is 3.39. The summed E-state index contributed by atoms with van der Waals surface area (Å²) >= 11 is 0. The van der Waals surface area contributed by atoms with Crippen LogP contribution in [0, 0.1) is 13.8 Å². The Balaban J connectivity index is 1.24. The number of aliphatic hydroxyl groups is 1. The molecule has 19 heteroatoms. The van der Waals surface area contributed by atoms with Gasteiger partial charge in [0.15, 0.2) is 0 Å². The third kappa shape index (κ3) is 9.31. The molecule has 2 N–H and O–H groups in total. The molecule has 5 rings (SSSR count). The van der Waals surface area contributed by atoms with Gasteiger partial charge in [0.2, 0.25) is 10.0 Å². The number of sulfonamides is 1. The number of amidine groups is 1. The first-order valence-electron chi connectivity index (χ1n) is 17.4. The van der Waals surface area contributed by atoms with Crippen LogP contribution in [0.4, 0.5) is 35.1 Å². The van der Waals surface area contributed by atoms with Crippen LogP contribution in [-0.2, 0) is 21.0 Å². The largest absolute Gasteiger partial charge is 0.493 e. The van der Waals surface area contributed by atoms with Gasteiger partial charge in [-0.3, -0.25) is 14.6 Å². The normalized spacial score (nSPS) is 19.5. The Morgan fingerprint density at radius 2 is 1.56 bits per heavy atom. The van der Waals surface area contributed by atoms with Crippen LogP contribution in [0.15, 0.2) is 40.7 Å². The summed E-state index contributed by atoms with van der Waals surface area (Å²) in [5.74, 6) is -6.91. The van der Waals surface area contributed by atoms with E-state index in [1.165, 1.54) is 6.08 Å². The van der Waals surface area contributed by atoms with Crippen molar-refractivity contribution < 1.29 is 63.0 Å². The van der Waals surface area contributed by atoms with Gasteiger partial charge in [-0.1, -0.05) is 0 Å². The van der Waals surface area contributed by atoms with Crippen LogP contribution in [0.5, 0.6) is 5.75 Å². The maximum absolute atomic E-state index is 13.9. The molecule has 0 unspecified atom stereocenters. The predicted molar refractivity (Wildman–Crippen MR) is 185 cm³/mol. The van der Waals surface area contributed by atoms with Crippen molar-refractivity contribution in [1.29, 1.82) is 0 Å². The van der Waals surface area contributed by atoms with Crippen LogP contribution in [-0.4, -0.2) is 96.4 Å². The number of carbonyl (C=O) groups excluding carboxylic acids is 2. The lowest BCUT2D eigenvalue weighted by atomic mass is 9.89. The van der Waals surface area contributed by atoms with E-state index < -0.39 is 76.1 Å². The van der Waals surface area contributed by atoms with E-state index in [9.17, 15) is 58.2 Å². The van der Waals surface area contributed by atoms with Crippen LogP contribution in [0.2, 0.25) is 0 Å². The summed E-state index contributed by atoms with van der Waals surface area (Å²) in [7, 11) is -4.01. The van der Waals surface area contributed by atoms with Crippen LogP contribution >= 0.6 is 0 Å². The minimum Gasteiger partial charge on any atom is -0.493 e. The van der Waals surface area contributed by atoms with Gasteiger partial charge >= 0.3 is 18.3 Å². The van der Waals surface area contributed by atoms with Gasteiger partial charge in [-0.05, 0) is 106 Å². The molecule has 55 heavy (non-hydrogen) atoms. The number of carbonyl (C=O) groups is 2. The third-order valence-corrected chi connectivity index (χ3v) is 11.7. The summed E-state index contributed by atoms with van der Waals surface area (Å²) in [6.07, 6.45) is -11.3. The number of rotatable bonds is 10. The average molecular weight is 809 g/mol. The number of likely N-dealkylation sites (tertiary alicyclic amines) is 1. The van der Waals surface area contributed by atoms with Crippen molar-refractivity contribution in [1.82, 2.24) is 14.5 Å². The number of hydrogen-bond acceptors (Lipinski definition) is 7. The number of ether oxygens (including phenoxy) is 1. The van der Waals surface area contributed by atoms with E-state index in [0.29, 0.717) is 54.3 Å². The highest BCUT2D eigenvalue weighted by Crippen LogP contribution is 2.41. The number of aryl methyl sites for hydroxylation is 2. The number of halogens is 8. The molecule has 2 aromatic rings. The highest BCUT2D eigenvalue weighted by atomic mass is 32.2. The Morgan fingerprint density at radius 1 is 0.964 bits per heavy atom. The van der Waals surface area contributed by atoms with Crippen molar-refractivity contribution in [2.24, 2.45) is 4.99 Å². The fraction of sp³-hybridized carbons (Fsp3) is 0.528. The molecule has 3 heterocycles. The number of benzene rings is 2. The lowest BCUT2D eigenvalue weighted by molar-refractivity contribution is -0.284. The lowest BCUT2D eigenvalue weighted by Gasteiger charge is -2.36. The minimum atomic E-state index is -5.81. The second-order valence-corrected chi connectivity index (χ2v) is 16.2. The van der Waals surface area contributed by atoms with E-state index in [0.717, 1.165) is 21.8 Å². The molecule has 0 saturated carbocycles. The fourth-order valence-corrected chi connectivity index (χ4v) is 7.89. The summed E-state index contributed by atoms with van der Waals surface area (Å²) in [6, 6.07) is 5.92. The highest BCUT2D eigenvalue weighted by molar-refractivity contribution is 7.92. The standard InChI is InChI=1S/C36H40F8N4O6S/c1-22-19-25(30(49)47-13-9-32(3,51)10-14-47)20-23(2)26(22)7-18-55(52,53)48-15-11-33(12-16-48)31(50)45-29(46-33)24-5-6-28(27(21-24)35(39,40)41)54-17-4-8-34(37,38)36(42,43)44/h5-7,18-21,51H,4,8-17H2,1-3H3,(H,45,46,50). The number of nitrogens with one attached hydrogen (secondary N) is 1. The Hall–Kier alpha value is -4.10. The number of amides is 2. The van der Waals surface area contributed by atoms with Gasteiger partial charge in [-0.25, -0.2) is 8.42 Å². The quantitative estimate of drug-likeness (QED) is 0.212. The van der Waals surface area contributed by atoms with Crippen molar-refractivity contribution in [3.8, 4) is 5.75 Å².